The van der Waals surface area contributed by atoms with E-state index in [0.29, 0.717) is 18.5 Å². The van der Waals surface area contributed by atoms with Crippen LogP contribution < -0.4 is 10.2 Å². The molecular formula is C24H25FN2O5. The third-order valence-corrected chi connectivity index (χ3v) is 4.72. The van der Waals surface area contributed by atoms with E-state index in [1.165, 1.54) is 19.1 Å². The lowest BCUT2D eigenvalue weighted by Gasteiger charge is -2.19. The third-order valence-electron chi connectivity index (χ3n) is 4.72. The molecule has 0 aliphatic carbocycles. The summed E-state index contributed by atoms with van der Waals surface area (Å²) in [4.78, 5) is 37.5. The van der Waals surface area contributed by atoms with Crippen molar-refractivity contribution < 1.29 is 28.6 Å². The van der Waals surface area contributed by atoms with Gasteiger partial charge in [-0.15, -0.1) is 0 Å². The number of hydrogen-bond donors (Lipinski definition) is 2. The molecule has 32 heavy (non-hydrogen) atoms. The molecule has 0 fully saturated rings. The van der Waals surface area contributed by atoms with Gasteiger partial charge in [-0.25, -0.2) is 14.1 Å². The number of imide groups is 1. The molecule has 168 valence electrons. The quantitative estimate of drug-likeness (QED) is 0.548. The lowest BCUT2D eigenvalue weighted by atomic mass is 10.00. The smallest absolute Gasteiger partial charge is 0.407 e. The molecule has 0 radical (unpaired) electrons. The Labute approximate surface area is 185 Å². The highest BCUT2D eigenvalue weighted by molar-refractivity contribution is 6.42. The van der Waals surface area contributed by atoms with E-state index in [-0.39, 0.29) is 22.6 Å². The molecular weight excluding hydrogens is 415 g/mol. The molecule has 1 aliphatic rings. The zero-order valence-electron chi connectivity index (χ0n) is 18.4. The summed E-state index contributed by atoms with van der Waals surface area (Å²) in [6.07, 6.45) is -0.0614. The molecule has 2 N–H and O–H groups in total. The molecule has 2 aromatic carbocycles. The molecule has 0 aromatic heterocycles. The van der Waals surface area contributed by atoms with Gasteiger partial charge in [0, 0.05) is 24.6 Å². The largest absolute Gasteiger partial charge is 0.506 e. The van der Waals surface area contributed by atoms with E-state index in [9.17, 15) is 23.9 Å². The van der Waals surface area contributed by atoms with Gasteiger partial charge in [-0.1, -0.05) is 18.2 Å². The minimum absolute atomic E-state index is 0.0702. The number of anilines is 1. The summed E-state index contributed by atoms with van der Waals surface area (Å²) in [6.45, 7) is 6.84. The maximum Gasteiger partial charge on any atom is 0.407 e. The first-order valence-electron chi connectivity index (χ1n) is 10.1. The summed E-state index contributed by atoms with van der Waals surface area (Å²) in [5.74, 6) is -2.20. The summed E-state index contributed by atoms with van der Waals surface area (Å²) in [5, 5.41) is 13.6. The minimum Gasteiger partial charge on any atom is -0.506 e. The molecule has 2 aromatic rings. The average Bonchev–Trinajstić information content (AvgIpc) is 2.97. The SMILES string of the molecule is CC(=O)N1C(=O)C(=C(O)c2cccc(CCNC(=O)OC(C)(C)C)c2)c2ccc(F)cc21. The van der Waals surface area contributed by atoms with Crippen LogP contribution in [0.2, 0.25) is 0 Å². The Balaban J connectivity index is 1.85. The van der Waals surface area contributed by atoms with Gasteiger partial charge in [0.05, 0.1) is 11.3 Å². The van der Waals surface area contributed by atoms with Crippen LogP contribution in [0.5, 0.6) is 0 Å². The van der Waals surface area contributed by atoms with Crippen LogP contribution in [-0.2, 0) is 20.7 Å². The van der Waals surface area contributed by atoms with Crippen molar-refractivity contribution in [3.8, 4) is 0 Å². The van der Waals surface area contributed by atoms with Crippen LogP contribution in [0.15, 0.2) is 42.5 Å². The lowest BCUT2D eigenvalue weighted by Crippen LogP contribution is -2.33. The predicted octanol–water partition coefficient (Wildman–Crippen LogP) is 4.21. The predicted molar refractivity (Wildman–Crippen MR) is 118 cm³/mol. The molecule has 0 saturated heterocycles. The Bertz CT molecular complexity index is 1120. The minimum atomic E-state index is -0.715. The van der Waals surface area contributed by atoms with Crippen molar-refractivity contribution in [2.24, 2.45) is 0 Å². The molecule has 3 amide bonds. The zero-order valence-corrected chi connectivity index (χ0v) is 18.4. The molecule has 0 spiro atoms. The maximum atomic E-state index is 13.7. The Hall–Kier alpha value is -3.68. The molecule has 0 bridgehead atoms. The van der Waals surface area contributed by atoms with Crippen molar-refractivity contribution in [2.45, 2.75) is 39.7 Å². The Morgan fingerprint density at radius 2 is 1.88 bits per heavy atom. The number of carbonyl (C=O) groups excluding carboxylic acids is 3. The van der Waals surface area contributed by atoms with E-state index < -0.39 is 29.3 Å². The Kier molecular flexibility index (Phi) is 6.34. The number of ether oxygens (including phenoxy) is 1. The number of alkyl carbamates (subject to hydrolysis) is 1. The number of aliphatic hydroxyl groups is 1. The number of hydrogen-bond acceptors (Lipinski definition) is 5. The maximum absolute atomic E-state index is 13.7. The topological polar surface area (TPSA) is 95.9 Å². The van der Waals surface area contributed by atoms with Gasteiger partial charge in [0.1, 0.15) is 17.2 Å². The van der Waals surface area contributed by atoms with Crippen LogP contribution in [0, 0.1) is 5.82 Å². The number of nitrogens with one attached hydrogen (secondary N) is 1. The van der Waals surface area contributed by atoms with E-state index in [0.717, 1.165) is 16.5 Å². The first-order valence-corrected chi connectivity index (χ1v) is 10.1. The van der Waals surface area contributed by atoms with Crippen LogP contribution >= 0.6 is 0 Å². The summed E-state index contributed by atoms with van der Waals surface area (Å²) in [5.41, 5.74) is 0.882. The van der Waals surface area contributed by atoms with Crippen LogP contribution in [0.3, 0.4) is 0 Å². The monoisotopic (exact) mass is 440 g/mol. The van der Waals surface area contributed by atoms with E-state index in [4.69, 9.17) is 4.74 Å². The average molecular weight is 440 g/mol. The highest BCUT2D eigenvalue weighted by atomic mass is 19.1. The van der Waals surface area contributed by atoms with Gasteiger partial charge in [0.2, 0.25) is 5.91 Å². The van der Waals surface area contributed by atoms with Gasteiger partial charge in [0.15, 0.2) is 0 Å². The first kappa shape index (κ1) is 23.0. The Morgan fingerprint density at radius 1 is 1.16 bits per heavy atom. The number of carbonyl (C=O) groups is 3. The second-order valence-electron chi connectivity index (χ2n) is 8.42. The number of halogens is 1. The summed E-state index contributed by atoms with van der Waals surface area (Å²) < 4.78 is 18.9. The second kappa shape index (κ2) is 8.82. The lowest BCUT2D eigenvalue weighted by molar-refractivity contribution is -0.122. The number of amides is 3. The van der Waals surface area contributed by atoms with Crippen LogP contribution in [0.25, 0.3) is 11.3 Å². The van der Waals surface area contributed by atoms with E-state index in [2.05, 4.69) is 5.32 Å². The van der Waals surface area contributed by atoms with E-state index in [1.807, 2.05) is 6.07 Å². The number of benzene rings is 2. The van der Waals surface area contributed by atoms with Gasteiger partial charge in [0.25, 0.3) is 5.91 Å². The molecule has 0 unspecified atom stereocenters. The van der Waals surface area contributed by atoms with Crippen molar-refractivity contribution in [3.05, 3.63) is 65.0 Å². The van der Waals surface area contributed by atoms with E-state index in [1.54, 1.807) is 39.0 Å². The summed E-state index contributed by atoms with van der Waals surface area (Å²) in [6, 6.07) is 10.5. The molecule has 0 atom stereocenters. The highest BCUT2D eigenvalue weighted by Crippen LogP contribution is 2.40. The zero-order chi connectivity index (χ0) is 23.6. The van der Waals surface area contributed by atoms with Crippen molar-refractivity contribution >= 4 is 34.9 Å². The van der Waals surface area contributed by atoms with Crippen molar-refractivity contribution in [2.75, 3.05) is 11.4 Å². The molecule has 1 heterocycles. The van der Waals surface area contributed by atoms with Gasteiger partial charge in [-0.2, -0.15) is 0 Å². The number of rotatable bonds is 4. The molecule has 3 rings (SSSR count). The van der Waals surface area contributed by atoms with Crippen molar-refractivity contribution in [1.82, 2.24) is 5.32 Å². The van der Waals surface area contributed by atoms with Crippen molar-refractivity contribution in [1.29, 1.82) is 0 Å². The number of fused-ring (bicyclic) bond motifs is 1. The molecule has 0 saturated carbocycles. The molecule has 7 nitrogen and oxygen atoms in total. The van der Waals surface area contributed by atoms with Gasteiger partial charge in [-0.3, -0.25) is 9.59 Å². The van der Waals surface area contributed by atoms with Gasteiger partial charge >= 0.3 is 6.09 Å². The standard InChI is InChI=1S/C24H25FN2O5/c1-14(28)27-19-13-17(25)8-9-18(19)20(22(27)30)21(29)16-7-5-6-15(12-16)10-11-26-23(31)32-24(2,3)4/h5-9,12-13,29H,10-11H2,1-4H3,(H,26,31). The fourth-order valence-corrected chi connectivity index (χ4v) is 3.42. The Morgan fingerprint density at radius 3 is 2.53 bits per heavy atom. The fraction of sp³-hybridized carbons (Fsp3) is 0.292. The number of nitrogens with zero attached hydrogens (tertiary/aromatic N) is 1. The molecule has 8 heteroatoms. The third kappa shape index (κ3) is 4.96. The fourth-order valence-electron chi connectivity index (χ4n) is 3.42. The molecule has 1 aliphatic heterocycles. The first-order chi connectivity index (χ1) is 15.0. The highest BCUT2D eigenvalue weighted by Gasteiger charge is 2.38. The summed E-state index contributed by atoms with van der Waals surface area (Å²) >= 11 is 0. The van der Waals surface area contributed by atoms with Crippen LogP contribution in [0.4, 0.5) is 14.9 Å². The normalized spacial score (nSPS) is 14.8. The van der Waals surface area contributed by atoms with Crippen LogP contribution in [-0.4, -0.2) is 35.2 Å². The van der Waals surface area contributed by atoms with Crippen molar-refractivity contribution in [3.63, 3.8) is 0 Å². The summed E-state index contributed by atoms with van der Waals surface area (Å²) in [7, 11) is 0. The van der Waals surface area contributed by atoms with Gasteiger partial charge in [-0.05, 0) is 57.0 Å². The second-order valence-corrected chi connectivity index (χ2v) is 8.42. The van der Waals surface area contributed by atoms with Crippen LogP contribution in [0.1, 0.15) is 44.4 Å². The van der Waals surface area contributed by atoms with Gasteiger partial charge < -0.3 is 15.2 Å². The number of aliphatic hydroxyl groups excluding tert-OH is 1. The van der Waals surface area contributed by atoms with E-state index >= 15 is 0 Å².